The molecule has 0 aromatic heterocycles. The van der Waals surface area contributed by atoms with E-state index in [4.69, 9.17) is 0 Å². The van der Waals surface area contributed by atoms with Crippen molar-refractivity contribution in [2.45, 2.75) is 51.7 Å². The van der Waals surface area contributed by atoms with Crippen molar-refractivity contribution in [2.24, 2.45) is 0 Å². The number of hydrogen-bond donors (Lipinski definition) is 2. The summed E-state index contributed by atoms with van der Waals surface area (Å²) in [5.74, 6) is 0.158. The fourth-order valence-corrected chi connectivity index (χ4v) is 2.01. The summed E-state index contributed by atoms with van der Waals surface area (Å²) in [6.45, 7) is 8.12. The van der Waals surface area contributed by atoms with E-state index in [1.807, 2.05) is 20.9 Å². The molecule has 4 nitrogen and oxygen atoms in total. The van der Waals surface area contributed by atoms with E-state index >= 15 is 0 Å². The first-order chi connectivity index (χ1) is 7.58. The second-order valence-corrected chi connectivity index (χ2v) is 4.76. The quantitative estimate of drug-likeness (QED) is 0.778. The molecule has 102 valence electrons. The molecule has 0 spiro atoms. The standard InChI is InChI=1S/C12H25N3O.ClH/c1-5-9(2)14-12(16)10(3)15-7-6-11(8-15)13-4;/h9-11,13H,5-8H2,1-4H3,(H,14,16);1H. The molecule has 5 heteroatoms. The Morgan fingerprint density at radius 2 is 2.12 bits per heavy atom. The number of carbonyl (C=O) groups is 1. The van der Waals surface area contributed by atoms with Crippen LogP contribution in [0.5, 0.6) is 0 Å². The molecule has 3 atom stereocenters. The third-order valence-electron chi connectivity index (χ3n) is 3.56. The highest BCUT2D eigenvalue weighted by molar-refractivity contribution is 5.85. The third-order valence-corrected chi connectivity index (χ3v) is 3.56. The molecule has 1 fully saturated rings. The molecule has 1 rings (SSSR count). The van der Waals surface area contributed by atoms with Gasteiger partial charge in [-0.05, 0) is 33.7 Å². The molecule has 2 N–H and O–H groups in total. The Bertz CT molecular complexity index is 238. The molecule has 0 aromatic rings. The number of nitrogens with one attached hydrogen (secondary N) is 2. The maximum atomic E-state index is 11.9. The summed E-state index contributed by atoms with van der Waals surface area (Å²) >= 11 is 0. The van der Waals surface area contributed by atoms with Gasteiger partial charge in [-0.2, -0.15) is 0 Å². The van der Waals surface area contributed by atoms with Gasteiger partial charge in [-0.1, -0.05) is 6.92 Å². The molecular weight excluding hydrogens is 238 g/mol. The van der Waals surface area contributed by atoms with Crippen LogP contribution in [0, 0.1) is 0 Å². The minimum Gasteiger partial charge on any atom is -0.352 e. The molecule has 17 heavy (non-hydrogen) atoms. The minimum absolute atomic E-state index is 0. The van der Waals surface area contributed by atoms with Crippen molar-refractivity contribution in [1.82, 2.24) is 15.5 Å². The number of nitrogens with zero attached hydrogens (tertiary/aromatic N) is 1. The molecule has 0 aliphatic carbocycles. The molecule has 1 aliphatic heterocycles. The van der Waals surface area contributed by atoms with Crippen molar-refractivity contribution < 1.29 is 4.79 Å². The Morgan fingerprint density at radius 3 is 2.59 bits per heavy atom. The Kier molecular flexibility index (Phi) is 7.75. The monoisotopic (exact) mass is 263 g/mol. The van der Waals surface area contributed by atoms with Crippen LogP contribution >= 0.6 is 12.4 Å². The van der Waals surface area contributed by atoms with Crippen LogP contribution in [0.2, 0.25) is 0 Å². The topological polar surface area (TPSA) is 44.4 Å². The van der Waals surface area contributed by atoms with Gasteiger partial charge in [0.25, 0.3) is 0 Å². The van der Waals surface area contributed by atoms with Crippen LogP contribution in [-0.2, 0) is 4.79 Å². The first kappa shape index (κ1) is 16.7. The highest BCUT2D eigenvalue weighted by Crippen LogP contribution is 2.12. The SMILES string of the molecule is CCC(C)NC(=O)C(C)N1CCC(NC)C1.Cl. The van der Waals surface area contributed by atoms with Gasteiger partial charge in [0.15, 0.2) is 0 Å². The lowest BCUT2D eigenvalue weighted by atomic mass is 10.2. The van der Waals surface area contributed by atoms with E-state index in [1.54, 1.807) is 0 Å². The van der Waals surface area contributed by atoms with E-state index in [1.165, 1.54) is 0 Å². The largest absolute Gasteiger partial charge is 0.352 e. The van der Waals surface area contributed by atoms with E-state index < -0.39 is 0 Å². The van der Waals surface area contributed by atoms with Gasteiger partial charge in [0.1, 0.15) is 0 Å². The second-order valence-electron chi connectivity index (χ2n) is 4.76. The van der Waals surface area contributed by atoms with E-state index in [0.717, 1.165) is 25.9 Å². The maximum absolute atomic E-state index is 11.9. The van der Waals surface area contributed by atoms with Crippen LogP contribution in [0.3, 0.4) is 0 Å². The predicted octanol–water partition coefficient (Wildman–Crippen LogP) is 1.01. The van der Waals surface area contributed by atoms with Crippen LogP contribution in [0.15, 0.2) is 0 Å². The summed E-state index contributed by atoms with van der Waals surface area (Å²) in [6.07, 6.45) is 2.12. The van der Waals surface area contributed by atoms with Crippen LogP contribution in [-0.4, -0.2) is 49.1 Å². The normalized spacial score (nSPS) is 23.9. The van der Waals surface area contributed by atoms with Crippen molar-refractivity contribution in [3.05, 3.63) is 0 Å². The van der Waals surface area contributed by atoms with Crippen molar-refractivity contribution >= 4 is 18.3 Å². The fourth-order valence-electron chi connectivity index (χ4n) is 2.01. The van der Waals surface area contributed by atoms with Gasteiger partial charge < -0.3 is 10.6 Å². The van der Waals surface area contributed by atoms with Gasteiger partial charge in [0, 0.05) is 25.2 Å². The van der Waals surface area contributed by atoms with Gasteiger partial charge in [0.05, 0.1) is 6.04 Å². The fraction of sp³-hybridized carbons (Fsp3) is 0.917. The van der Waals surface area contributed by atoms with Crippen LogP contribution in [0.4, 0.5) is 0 Å². The third kappa shape index (κ3) is 4.82. The number of rotatable bonds is 5. The Labute approximate surface area is 111 Å². The van der Waals surface area contributed by atoms with E-state index in [9.17, 15) is 4.79 Å². The molecule has 0 aromatic carbocycles. The molecule has 1 amide bonds. The summed E-state index contributed by atoms with van der Waals surface area (Å²) in [4.78, 5) is 14.2. The summed E-state index contributed by atoms with van der Waals surface area (Å²) in [6, 6.07) is 0.809. The van der Waals surface area contributed by atoms with Crippen LogP contribution < -0.4 is 10.6 Å². The first-order valence-corrected chi connectivity index (χ1v) is 6.30. The number of amides is 1. The van der Waals surface area contributed by atoms with Crippen molar-refractivity contribution in [3.63, 3.8) is 0 Å². The number of hydrogen-bond acceptors (Lipinski definition) is 3. The van der Waals surface area contributed by atoms with Gasteiger partial charge in [-0.3, -0.25) is 9.69 Å². The molecule has 1 aliphatic rings. The van der Waals surface area contributed by atoms with Gasteiger partial charge in [-0.25, -0.2) is 0 Å². The summed E-state index contributed by atoms with van der Waals surface area (Å²) in [5.41, 5.74) is 0. The van der Waals surface area contributed by atoms with E-state index in [-0.39, 0.29) is 30.4 Å². The predicted molar refractivity (Wildman–Crippen MR) is 73.6 cm³/mol. The van der Waals surface area contributed by atoms with Crippen LogP contribution in [0.1, 0.15) is 33.6 Å². The number of likely N-dealkylation sites (N-methyl/N-ethyl adjacent to an activating group) is 1. The zero-order chi connectivity index (χ0) is 12.1. The van der Waals surface area contributed by atoms with Gasteiger partial charge in [-0.15, -0.1) is 12.4 Å². The molecule has 0 saturated carbocycles. The molecule has 3 unspecified atom stereocenters. The van der Waals surface area contributed by atoms with Gasteiger partial charge in [0.2, 0.25) is 5.91 Å². The zero-order valence-corrected chi connectivity index (χ0v) is 12.1. The molecular formula is C12H26ClN3O. The maximum Gasteiger partial charge on any atom is 0.237 e. The lowest BCUT2D eigenvalue weighted by molar-refractivity contribution is -0.126. The Balaban J connectivity index is 0.00000256. The Morgan fingerprint density at radius 1 is 1.47 bits per heavy atom. The van der Waals surface area contributed by atoms with E-state index in [2.05, 4.69) is 22.5 Å². The highest BCUT2D eigenvalue weighted by atomic mass is 35.5. The summed E-state index contributed by atoms with van der Waals surface area (Å²) < 4.78 is 0. The second kappa shape index (κ2) is 7.90. The first-order valence-electron chi connectivity index (χ1n) is 6.30. The highest BCUT2D eigenvalue weighted by Gasteiger charge is 2.28. The average Bonchev–Trinajstić information content (AvgIpc) is 2.76. The Hall–Kier alpha value is -0.320. The zero-order valence-electron chi connectivity index (χ0n) is 11.3. The molecule has 0 bridgehead atoms. The number of halogens is 1. The van der Waals surface area contributed by atoms with Crippen molar-refractivity contribution in [2.75, 3.05) is 20.1 Å². The van der Waals surface area contributed by atoms with Crippen molar-refractivity contribution in [3.8, 4) is 0 Å². The lowest BCUT2D eigenvalue weighted by Crippen LogP contribution is -2.47. The molecule has 1 heterocycles. The summed E-state index contributed by atoms with van der Waals surface area (Å²) in [7, 11) is 1.98. The number of likely N-dealkylation sites (tertiary alicyclic amines) is 1. The minimum atomic E-state index is -0.00708. The van der Waals surface area contributed by atoms with Crippen molar-refractivity contribution in [1.29, 1.82) is 0 Å². The lowest BCUT2D eigenvalue weighted by Gasteiger charge is -2.25. The van der Waals surface area contributed by atoms with Crippen LogP contribution in [0.25, 0.3) is 0 Å². The van der Waals surface area contributed by atoms with E-state index in [0.29, 0.717) is 6.04 Å². The molecule has 0 radical (unpaired) electrons. The molecule has 1 saturated heterocycles. The number of carbonyl (C=O) groups excluding carboxylic acids is 1. The summed E-state index contributed by atoms with van der Waals surface area (Å²) in [5, 5.41) is 6.30. The smallest absolute Gasteiger partial charge is 0.237 e. The van der Waals surface area contributed by atoms with Gasteiger partial charge >= 0.3 is 0 Å². The average molecular weight is 264 g/mol.